The maximum atomic E-state index is 9.51. The molecule has 0 spiro atoms. The Bertz CT molecular complexity index is 392. The second kappa shape index (κ2) is 9.09. The summed E-state index contributed by atoms with van der Waals surface area (Å²) in [5.74, 6) is 1.93. The smallest absolute Gasteiger partial charge is 0.117 e. The summed E-state index contributed by atoms with van der Waals surface area (Å²) in [5, 5.41) is 9.51. The first kappa shape index (κ1) is 18.0. The number of phenols is 1. The second-order valence-electron chi connectivity index (χ2n) is 6.21. The van der Waals surface area contributed by atoms with Gasteiger partial charge in [-0.2, -0.15) is 0 Å². The van der Waals surface area contributed by atoms with E-state index in [9.17, 15) is 5.11 Å². The first-order valence-electron chi connectivity index (χ1n) is 7.57. The molecule has 0 aliphatic heterocycles. The normalized spacial score (nSPS) is 12.9. The van der Waals surface area contributed by atoms with Crippen molar-refractivity contribution in [2.24, 2.45) is 11.8 Å². The molecule has 0 heterocycles. The highest BCUT2D eigenvalue weighted by molar-refractivity contribution is 9.11. The van der Waals surface area contributed by atoms with Crippen LogP contribution in [0.1, 0.15) is 58.4 Å². The van der Waals surface area contributed by atoms with Gasteiger partial charge in [0.25, 0.3) is 0 Å². The zero-order valence-electron chi connectivity index (χ0n) is 12.8. The Morgan fingerprint density at radius 1 is 0.950 bits per heavy atom. The van der Waals surface area contributed by atoms with Crippen LogP contribution in [0.4, 0.5) is 0 Å². The lowest BCUT2D eigenvalue weighted by atomic mass is 9.94. The van der Waals surface area contributed by atoms with Gasteiger partial charge in [0.1, 0.15) is 5.75 Å². The average Bonchev–Trinajstić information content (AvgIpc) is 2.32. The van der Waals surface area contributed by atoms with Crippen molar-refractivity contribution in [1.82, 2.24) is 0 Å². The van der Waals surface area contributed by atoms with E-state index in [4.69, 9.17) is 0 Å². The molecule has 20 heavy (non-hydrogen) atoms. The van der Waals surface area contributed by atoms with Gasteiger partial charge >= 0.3 is 0 Å². The zero-order chi connectivity index (χ0) is 15.1. The number of hydrogen-bond acceptors (Lipinski definition) is 1. The van der Waals surface area contributed by atoms with Crippen LogP contribution in [0.15, 0.2) is 21.1 Å². The number of rotatable bonds is 8. The van der Waals surface area contributed by atoms with Gasteiger partial charge in [-0.15, -0.1) is 0 Å². The summed E-state index contributed by atoms with van der Waals surface area (Å²) in [6.45, 7) is 6.95. The van der Waals surface area contributed by atoms with E-state index in [1.807, 2.05) is 0 Å². The lowest BCUT2D eigenvalue weighted by Crippen LogP contribution is -1.98. The van der Waals surface area contributed by atoms with E-state index in [0.29, 0.717) is 5.75 Å². The molecule has 0 saturated carbocycles. The summed E-state index contributed by atoms with van der Waals surface area (Å²) in [6, 6.07) is 3.54. The molecule has 0 amide bonds. The van der Waals surface area contributed by atoms with Crippen molar-refractivity contribution in [3.05, 3.63) is 26.6 Å². The fourth-order valence-electron chi connectivity index (χ4n) is 2.47. The molecule has 0 radical (unpaired) electrons. The Kier molecular flexibility index (Phi) is 8.20. The Labute approximate surface area is 140 Å². The van der Waals surface area contributed by atoms with E-state index >= 15 is 0 Å². The van der Waals surface area contributed by atoms with E-state index in [-0.39, 0.29) is 0 Å². The molecule has 1 N–H and O–H groups in total. The maximum Gasteiger partial charge on any atom is 0.117 e. The summed E-state index contributed by atoms with van der Waals surface area (Å²) < 4.78 is 1.99. The van der Waals surface area contributed by atoms with Gasteiger partial charge in [-0.3, -0.25) is 0 Å². The van der Waals surface area contributed by atoms with Crippen molar-refractivity contribution in [1.29, 1.82) is 0 Å². The summed E-state index contributed by atoms with van der Waals surface area (Å²) in [4.78, 5) is 0. The molecule has 1 aromatic carbocycles. The monoisotopic (exact) mass is 404 g/mol. The minimum absolute atomic E-state index is 0.301. The van der Waals surface area contributed by atoms with Crippen LogP contribution < -0.4 is 0 Å². The van der Waals surface area contributed by atoms with E-state index in [1.165, 1.54) is 37.7 Å². The van der Waals surface area contributed by atoms with Crippen LogP contribution in [0, 0.1) is 11.8 Å². The van der Waals surface area contributed by atoms with Crippen molar-refractivity contribution < 1.29 is 5.11 Å². The molecule has 3 heteroatoms. The van der Waals surface area contributed by atoms with E-state index < -0.39 is 0 Å². The van der Waals surface area contributed by atoms with Gasteiger partial charge in [0.2, 0.25) is 0 Å². The first-order valence-corrected chi connectivity index (χ1v) is 9.15. The lowest BCUT2D eigenvalue weighted by Gasteiger charge is -2.13. The number of benzene rings is 1. The van der Waals surface area contributed by atoms with Crippen LogP contribution in [-0.4, -0.2) is 5.11 Å². The van der Waals surface area contributed by atoms with Gasteiger partial charge in [0.05, 0.1) is 0 Å². The summed E-state index contributed by atoms with van der Waals surface area (Å²) in [5.41, 5.74) is 1.26. The molecule has 1 unspecified atom stereocenters. The van der Waals surface area contributed by atoms with Gasteiger partial charge in [-0.1, -0.05) is 78.3 Å². The third-order valence-electron chi connectivity index (χ3n) is 3.73. The van der Waals surface area contributed by atoms with Crippen LogP contribution in [-0.2, 0) is 6.42 Å². The van der Waals surface area contributed by atoms with Gasteiger partial charge < -0.3 is 5.11 Å². The Morgan fingerprint density at radius 2 is 1.50 bits per heavy atom. The van der Waals surface area contributed by atoms with Crippen molar-refractivity contribution in [3.8, 4) is 5.75 Å². The molecule has 0 bridgehead atoms. The fourth-order valence-corrected chi connectivity index (χ4v) is 4.03. The molecule has 1 aromatic rings. The Hall–Kier alpha value is -0.0200. The fraction of sp³-hybridized carbons (Fsp3) is 0.647. The van der Waals surface area contributed by atoms with Crippen molar-refractivity contribution in [2.75, 3.05) is 0 Å². The number of phenolic OH excluding ortho intramolecular Hbond substituents is 1. The van der Waals surface area contributed by atoms with E-state index in [0.717, 1.165) is 27.2 Å². The zero-order valence-corrected chi connectivity index (χ0v) is 15.9. The van der Waals surface area contributed by atoms with Crippen LogP contribution in [0.25, 0.3) is 0 Å². The molecule has 0 aromatic heterocycles. The highest BCUT2D eigenvalue weighted by Gasteiger charge is 2.09. The van der Waals surface area contributed by atoms with E-state index in [1.54, 1.807) is 12.1 Å². The largest absolute Gasteiger partial charge is 0.508 e. The molecule has 114 valence electrons. The molecule has 0 fully saturated rings. The number of hydrogen-bond donors (Lipinski definition) is 1. The topological polar surface area (TPSA) is 20.2 Å². The molecule has 1 atom stereocenters. The van der Waals surface area contributed by atoms with Crippen LogP contribution in [0.2, 0.25) is 0 Å². The van der Waals surface area contributed by atoms with Gasteiger partial charge in [0.15, 0.2) is 0 Å². The molecular weight excluding hydrogens is 380 g/mol. The van der Waals surface area contributed by atoms with Crippen molar-refractivity contribution in [2.45, 2.75) is 59.3 Å². The van der Waals surface area contributed by atoms with Crippen molar-refractivity contribution in [3.63, 3.8) is 0 Å². The molecule has 1 rings (SSSR count). The van der Waals surface area contributed by atoms with E-state index in [2.05, 4.69) is 52.6 Å². The molecule has 0 aliphatic rings. The molecule has 0 aliphatic carbocycles. The minimum atomic E-state index is 0.301. The van der Waals surface area contributed by atoms with Crippen LogP contribution >= 0.6 is 31.9 Å². The lowest BCUT2D eigenvalue weighted by molar-refractivity contribution is 0.427. The SMILES string of the molecule is CC(C)CCCC(C)CCCc1c(Br)cc(O)cc1Br. The minimum Gasteiger partial charge on any atom is -0.508 e. The molecule has 1 nitrogen and oxygen atoms in total. The van der Waals surface area contributed by atoms with Crippen molar-refractivity contribution >= 4 is 31.9 Å². The first-order chi connectivity index (χ1) is 9.40. The summed E-state index contributed by atoms with van der Waals surface area (Å²) in [7, 11) is 0. The summed E-state index contributed by atoms with van der Waals surface area (Å²) in [6.07, 6.45) is 7.57. The van der Waals surface area contributed by atoms with Gasteiger partial charge in [-0.05, 0) is 42.4 Å². The predicted molar refractivity (Wildman–Crippen MR) is 94.3 cm³/mol. The highest BCUT2D eigenvalue weighted by Crippen LogP contribution is 2.32. The Morgan fingerprint density at radius 3 is 2.05 bits per heavy atom. The maximum absolute atomic E-state index is 9.51. The Balaban J connectivity index is 2.34. The average molecular weight is 406 g/mol. The van der Waals surface area contributed by atoms with Crippen LogP contribution in [0.5, 0.6) is 5.75 Å². The number of aromatic hydroxyl groups is 1. The third-order valence-corrected chi connectivity index (χ3v) is 5.14. The standard InChI is InChI=1S/C17H26Br2O/c1-12(2)6-4-7-13(3)8-5-9-15-16(18)10-14(20)11-17(15)19/h10-13,20H,4-9H2,1-3H3. The van der Waals surface area contributed by atoms with Gasteiger partial charge in [-0.25, -0.2) is 0 Å². The van der Waals surface area contributed by atoms with Crippen LogP contribution in [0.3, 0.4) is 0 Å². The highest BCUT2D eigenvalue weighted by atomic mass is 79.9. The quantitative estimate of drug-likeness (QED) is 0.509. The summed E-state index contributed by atoms with van der Waals surface area (Å²) >= 11 is 7.07. The molecule has 0 saturated heterocycles. The second-order valence-corrected chi connectivity index (χ2v) is 7.92. The predicted octanol–water partition coefficient (Wildman–Crippen LogP) is 6.70. The van der Waals surface area contributed by atoms with Gasteiger partial charge in [0, 0.05) is 8.95 Å². The molecular formula is C17H26Br2O. The number of halogens is 2. The third kappa shape index (κ3) is 6.62.